The molecule has 0 unspecified atom stereocenters. The highest BCUT2D eigenvalue weighted by Crippen LogP contribution is 2.28. The molecule has 1 aromatic heterocycles. The zero-order valence-electron chi connectivity index (χ0n) is 11.2. The molecule has 0 aliphatic carbocycles. The predicted octanol–water partition coefficient (Wildman–Crippen LogP) is 2.88. The minimum Gasteiger partial charge on any atom is -0.477 e. The molecule has 0 spiro atoms. The van der Waals surface area contributed by atoms with Gasteiger partial charge in [-0.15, -0.1) is 0 Å². The third-order valence-corrected chi connectivity index (χ3v) is 2.75. The third kappa shape index (κ3) is 3.05. The SMILES string of the molecule is COC(=O)c1cccc2oc(C(=COC(F)F)C(=O)O)cc12. The van der Waals surface area contributed by atoms with Crippen LogP contribution in [0.15, 0.2) is 34.9 Å². The number of hydrogen-bond acceptors (Lipinski definition) is 5. The van der Waals surface area contributed by atoms with E-state index in [0.717, 1.165) is 0 Å². The Morgan fingerprint density at radius 2 is 2.09 bits per heavy atom. The summed E-state index contributed by atoms with van der Waals surface area (Å²) in [5.41, 5.74) is -0.232. The lowest BCUT2D eigenvalue weighted by atomic mass is 10.1. The van der Waals surface area contributed by atoms with Crippen LogP contribution in [0, 0.1) is 0 Å². The van der Waals surface area contributed by atoms with Crippen molar-refractivity contribution in [2.75, 3.05) is 7.11 Å². The first-order chi connectivity index (χ1) is 10.4. The molecule has 1 heterocycles. The van der Waals surface area contributed by atoms with Gasteiger partial charge in [0.05, 0.1) is 12.7 Å². The zero-order chi connectivity index (χ0) is 16.3. The fourth-order valence-electron chi connectivity index (χ4n) is 1.81. The summed E-state index contributed by atoms with van der Waals surface area (Å²) in [4.78, 5) is 22.8. The van der Waals surface area contributed by atoms with Crippen molar-refractivity contribution in [2.24, 2.45) is 0 Å². The first-order valence-corrected chi connectivity index (χ1v) is 5.92. The Morgan fingerprint density at radius 1 is 1.36 bits per heavy atom. The van der Waals surface area contributed by atoms with E-state index in [1.807, 2.05) is 0 Å². The summed E-state index contributed by atoms with van der Waals surface area (Å²) in [5.74, 6) is -2.37. The van der Waals surface area contributed by atoms with Crippen LogP contribution in [-0.4, -0.2) is 30.8 Å². The Kier molecular flexibility index (Phi) is 4.40. The maximum Gasteiger partial charge on any atom is 0.386 e. The number of rotatable bonds is 5. The molecule has 1 N–H and O–H groups in total. The number of alkyl halides is 2. The van der Waals surface area contributed by atoms with Crippen molar-refractivity contribution in [2.45, 2.75) is 6.61 Å². The first-order valence-electron chi connectivity index (χ1n) is 5.92. The number of carbonyl (C=O) groups excluding carboxylic acids is 1. The second kappa shape index (κ2) is 6.25. The Balaban J connectivity index is 2.54. The highest BCUT2D eigenvalue weighted by molar-refractivity contribution is 6.15. The summed E-state index contributed by atoms with van der Waals surface area (Å²) < 4.78 is 37.9. The van der Waals surface area contributed by atoms with Gasteiger partial charge in [-0.3, -0.25) is 0 Å². The minimum atomic E-state index is -3.16. The molecule has 2 rings (SSSR count). The number of esters is 1. The van der Waals surface area contributed by atoms with Crippen molar-refractivity contribution in [1.29, 1.82) is 0 Å². The summed E-state index contributed by atoms with van der Waals surface area (Å²) in [6.07, 6.45) is 0.391. The van der Waals surface area contributed by atoms with Gasteiger partial charge in [0.25, 0.3) is 0 Å². The van der Waals surface area contributed by atoms with Crippen LogP contribution in [0.25, 0.3) is 16.5 Å². The lowest BCUT2D eigenvalue weighted by molar-refractivity contribution is -0.130. The standard InChI is InChI=1S/C14H10F2O6/c1-20-13(19)7-3-2-4-10-8(7)5-11(22-10)9(12(17)18)6-21-14(15)16/h2-6,14H,1H3,(H,17,18). The summed E-state index contributed by atoms with van der Waals surface area (Å²) in [5, 5.41) is 9.34. The fraction of sp³-hybridized carbons (Fsp3) is 0.143. The van der Waals surface area contributed by atoms with E-state index < -0.39 is 24.1 Å². The Labute approximate surface area is 122 Å². The maximum absolute atomic E-state index is 12.0. The van der Waals surface area contributed by atoms with E-state index in [1.54, 1.807) is 0 Å². The number of halogens is 2. The molecule has 22 heavy (non-hydrogen) atoms. The van der Waals surface area contributed by atoms with Gasteiger partial charge in [0.1, 0.15) is 23.2 Å². The van der Waals surface area contributed by atoms with Crippen molar-refractivity contribution in [3.8, 4) is 0 Å². The van der Waals surface area contributed by atoms with Crippen molar-refractivity contribution >= 4 is 28.5 Å². The smallest absolute Gasteiger partial charge is 0.386 e. The topological polar surface area (TPSA) is 86.0 Å². The average Bonchev–Trinajstić information content (AvgIpc) is 2.89. The van der Waals surface area contributed by atoms with Gasteiger partial charge in [-0.1, -0.05) is 6.07 Å². The van der Waals surface area contributed by atoms with Gasteiger partial charge >= 0.3 is 18.6 Å². The van der Waals surface area contributed by atoms with Crippen molar-refractivity contribution in [3.05, 3.63) is 41.9 Å². The van der Waals surface area contributed by atoms with Crippen LogP contribution in [0.2, 0.25) is 0 Å². The van der Waals surface area contributed by atoms with Crippen LogP contribution >= 0.6 is 0 Å². The van der Waals surface area contributed by atoms with Crippen LogP contribution in [0.4, 0.5) is 8.78 Å². The molecule has 1 aromatic carbocycles. The molecule has 2 aromatic rings. The van der Waals surface area contributed by atoms with Crippen LogP contribution < -0.4 is 0 Å². The lowest BCUT2D eigenvalue weighted by Gasteiger charge is -2.00. The predicted molar refractivity (Wildman–Crippen MR) is 70.3 cm³/mol. The molecule has 0 radical (unpaired) electrons. The van der Waals surface area contributed by atoms with E-state index in [9.17, 15) is 18.4 Å². The Bertz CT molecular complexity index is 747. The molecule has 0 bridgehead atoms. The average molecular weight is 312 g/mol. The van der Waals surface area contributed by atoms with Crippen molar-refractivity contribution in [3.63, 3.8) is 0 Å². The van der Waals surface area contributed by atoms with E-state index in [2.05, 4.69) is 9.47 Å². The quantitative estimate of drug-likeness (QED) is 0.519. The second-order valence-electron chi connectivity index (χ2n) is 4.05. The highest BCUT2D eigenvalue weighted by Gasteiger charge is 2.20. The van der Waals surface area contributed by atoms with Gasteiger partial charge in [-0.2, -0.15) is 8.78 Å². The van der Waals surface area contributed by atoms with Gasteiger partial charge in [-0.25, -0.2) is 9.59 Å². The monoisotopic (exact) mass is 312 g/mol. The Hall–Kier alpha value is -2.90. The summed E-state index contributed by atoms with van der Waals surface area (Å²) >= 11 is 0. The largest absolute Gasteiger partial charge is 0.477 e. The molecule has 0 aliphatic heterocycles. The molecule has 0 fully saturated rings. The molecule has 0 saturated heterocycles. The number of aliphatic carboxylic acids is 1. The molecule has 0 atom stereocenters. The molecular formula is C14H10F2O6. The molecule has 0 amide bonds. The Morgan fingerprint density at radius 3 is 2.68 bits per heavy atom. The number of furan rings is 1. The molecule has 0 aliphatic rings. The third-order valence-electron chi connectivity index (χ3n) is 2.75. The van der Waals surface area contributed by atoms with E-state index in [4.69, 9.17) is 9.52 Å². The minimum absolute atomic E-state index is 0.162. The second-order valence-corrected chi connectivity index (χ2v) is 4.05. The first kappa shape index (κ1) is 15.5. The summed E-state index contributed by atoms with van der Waals surface area (Å²) in [6, 6.07) is 5.73. The number of carboxylic acids is 1. The van der Waals surface area contributed by atoms with E-state index in [1.165, 1.54) is 31.4 Å². The molecular weight excluding hydrogens is 302 g/mol. The molecule has 116 valence electrons. The number of methoxy groups -OCH3 is 1. The number of carboxylic acid groups (broad SMARTS) is 1. The maximum atomic E-state index is 12.0. The zero-order valence-corrected chi connectivity index (χ0v) is 11.2. The van der Waals surface area contributed by atoms with Crippen molar-refractivity contribution < 1.29 is 37.4 Å². The normalized spacial score (nSPS) is 11.7. The summed E-state index contributed by atoms with van der Waals surface area (Å²) in [7, 11) is 1.20. The fourth-order valence-corrected chi connectivity index (χ4v) is 1.81. The van der Waals surface area contributed by atoms with Gasteiger partial charge in [0, 0.05) is 5.39 Å². The van der Waals surface area contributed by atoms with Crippen LogP contribution in [-0.2, 0) is 14.3 Å². The molecule has 6 nitrogen and oxygen atoms in total. The number of carbonyl (C=O) groups is 2. The van der Waals surface area contributed by atoms with Crippen LogP contribution in [0.1, 0.15) is 16.1 Å². The van der Waals surface area contributed by atoms with Gasteiger partial charge in [0.2, 0.25) is 0 Å². The van der Waals surface area contributed by atoms with Crippen LogP contribution in [0.3, 0.4) is 0 Å². The number of fused-ring (bicyclic) bond motifs is 1. The number of ether oxygens (including phenoxy) is 2. The van der Waals surface area contributed by atoms with Gasteiger partial charge in [0.15, 0.2) is 0 Å². The van der Waals surface area contributed by atoms with Gasteiger partial charge in [-0.05, 0) is 18.2 Å². The van der Waals surface area contributed by atoms with Crippen molar-refractivity contribution in [1.82, 2.24) is 0 Å². The summed E-state index contributed by atoms with van der Waals surface area (Å²) in [6.45, 7) is -3.16. The van der Waals surface area contributed by atoms with E-state index >= 15 is 0 Å². The lowest BCUT2D eigenvalue weighted by Crippen LogP contribution is -2.02. The highest BCUT2D eigenvalue weighted by atomic mass is 19.3. The van der Waals surface area contributed by atoms with E-state index in [-0.39, 0.29) is 16.9 Å². The number of benzene rings is 1. The van der Waals surface area contributed by atoms with Crippen LogP contribution in [0.5, 0.6) is 0 Å². The molecule has 0 saturated carbocycles. The van der Waals surface area contributed by atoms with E-state index in [0.29, 0.717) is 11.6 Å². The number of hydrogen-bond donors (Lipinski definition) is 1. The molecule has 8 heteroatoms. The van der Waals surface area contributed by atoms with Gasteiger partial charge < -0.3 is 19.0 Å².